The van der Waals surface area contributed by atoms with Crippen molar-refractivity contribution in [3.05, 3.63) is 92.3 Å². The highest BCUT2D eigenvalue weighted by Crippen LogP contribution is 2.71. The van der Waals surface area contributed by atoms with Crippen molar-refractivity contribution in [3.63, 3.8) is 0 Å². The van der Waals surface area contributed by atoms with Gasteiger partial charge in [0.25, 0.3) is 0 Å². The molecule has 20 nitrogen and oxygen atoms in total. The van der Waals surface area contributed by atoms with Crippen LogP contribution in [0, 0.1) is 56.7 Å². The third kappa shape index (κ3) is 13.1. The summed E-state index contributed by atoms with van der Waals surface area (Å²) in [5, 5.41) is 0. The van der Waals surface area contributed by atoms with Gasteiger partial charge in [-0.1, -0.05) is 51.5 Å². The van der Waals surface area contributed by atoms with Crippen LogP contribution in [0.15, 0.2) is 91.7 Å². The normalized spacial score (nSPS) is 31.4. The van der Waals surface area contributed by atoms with E-state index in [0.29, 0.717) is 72.5 Å². The molecule has 1 aliphatic heterocycles. The molecule has 6 aliphatic rings. The first-order valence-corrected chi connectivity index (χ1v) is 30.3. The average molecular weight is 1230 g/mol. The van der Waals surface area contributed by atoms with Crippen molar-refractivity contribution in [2.45, 2.75) is 113 Å². The molecular formula is C68H91NO19. The van der Waals surface area contributed by atoms with Crippen molar-refractivity contribution in [1.29, 1.82) is 0 Å². The fourth-order valence-corrected chi connectivity index (χ4v) is 15.3. The van der Waals surface area contributed by atoms with Crippen LogP contribution in [0.1, 0.15) is 119 Å². The zero-order chi connectivity index (χ0) is 64.5. The third-order valence-electron chi connectivity index (χ3n) is 20.4. The van der Waals surface area contributed by atoms with Gasteiger partial charge in [0.15, 0.2) is 11.5 Å². The number of nitrogens with zero attached hydrogens (tertiary/aromatic N) is 1. The summed E-state index contributed by atoms with van der Waals surface area (Å²) in [7, 11) is 9.22. The molecule has 88 heavy (non-hydrogen) atoms. The van der Waals surface area contributed by atoms with Crippen LogP contribution in [0.5, 0.6) is 11.5 Å². The molecule has 2 unspecified atom stereocenters. The summed E-state index contributed by atoms with van der Waals surface area (Å²) in [4.78, 5) is 105. The molecule has 7 rings (SSSR count). The van der Waals surface area contributed by atoms with Gasteiger partial charge in [0, 0.05) is 43.2 Å². The van der Waals surface area contributed by atoms with Gasteiger partial charge >= 0.3 is 41.8 Å². The molecule has 1 heterocycles. The summed E-state index contributed by atoms with van der Waals surface area (Å²) in [6.07, 6.45) is 8.29. The maximum atomic E-state index is 15.4. The number of methoxy groups -OCH3 is 7. The molecule has 1 saturated carbocycles. The molecule has 1 aromatic rings. The minimum absolute atomic E-state index is 0.0212. The van der Waals surface area contributed by atoms with E-state index in [2.05, 4.69) is 26.0 Å². The summed E-state index contributed by atoms with van der Waals surface area (Å²) in [6, 6.07) is 5.47. The van der Waals surface area contributed by atoms with Gasteiger partial charge in [-0.2, -0.15) is 0 Å². The average Bonchev–Trinajstić information content (AvgIpc) is 1.55. The Bertz CT molecular complexity index is 3090. The Kier molecular flexibility index (Phi) is 22.4. The van der Waals surface area contributed by atoms with Crippen molar-refractivity contribution in [1.82, 2.24) is 0 Å². The molecule has 20 heteroatoms. The van der Waals surface area contributed by atoms with E-state index in [1.54, 1.807) is 19.2 Å². The molecule has 0 spiro atoms. The predicted octanol–water partition coefficient (Wildman–Crippen LogP) is 9.52. The number of ether oxygens (including phenoxy) is 12. The Hall–Kier alpha value is -6.90. The summed E-state index contributed by atoms with van der Waals surface area (Å²) in [5.74, 6) is -6.75. The fraction of sp³-hybridized carbons (Fsp3) is 0.618. The summed E-state index contributed by atoms with van der Waals surface area (Å²) in [6.45, 7) is 18.2. The highest BCUT2D eigenvalue weighted by molar-refractivity contribution is 5.88. The number of fused-ring (bicyclic) bond motifs is 7. The molecule has 0 amide bonds. The van der Waals surface area contributed by atoms with Gasteiger partial charge in [-0.05, 0) is 151 Å². The maximum absolute atomic E-state index is 15.4. The number of hydrogen-bond donors (Lipinski definition) is 0. The van der Waals surface area contributed by atoms with E-state index in [-0.39, 0.29) is 77.6 Å². The first-order chi connectivity index (χ1) is 41.8. The van der Waals surface area contributed by atoms with Crippen LogP contribution in [0.3, 0.4) is 0 Å². The molecule has 1 aromatic carbocycles. The molecule has 8 bridgehead atoms. The number of esters is 7. The highest BCUT2D eigenvalue weighted by atomic mass is 16.6. The summed E-state index contributed by atoms with van der Waals surface area (Å²) < 4.78 is 68.3. The molecule has 0 aromatic heterocycles. The fourth-order valence-electron chi connectivity index (χ4n) is 15.3. The van der Waals surface area contributed by atoms with E-state index < -0.39 is 98.4 Å². The van der Waals surface area contributed by atoms with Gasteiger partial charge in [-0.15, -0.1) is 0 Å². The second kappa shape index (κ2) is 28.7. The van der Waals surface area contributed by atoms with Crippen LogP contribution in [0.25, 0.3) is 0 Å². The lowest BCUT2D eigenvalue weighted by Crippen LogP contribution is -2.52. The third-order valence-corrected chi connectivity index (χ3v) is 20.4. The summed E-state index contributed by atoms with van der Waals surface area (Å²) >= 11 is 0. The van der Waals surface area contributed by atoms with Gasteiger partial charge in [0.1, 0.15) is 13.2 Å². The molecular weight excluding hydrogens is 1130 g/mol. The van der Waals surface area contributed by atoms with Gasteiger partial charge in [0.2, 0.25) is 0 Å². The Morgan fingerprint density at radius 3 is 1.61 bits per heavy atom. The number of carbonyl (C=O) groups excluding carboxylic acids is 7. The minimum atomic E-state index is -1.57. The smallest absolute Gasteiger partial charge is 0.316 e. The Morgan fingerprint density at radius 1 is 0.557 bits per heavy atom. The second-order valence-electron chi connectivity index (χ2n) is 25.0. The highest BCUT2D eigenvalue weighted by Gasteiger charge is 2.69. The monoisotopic (exact) mass is 1230 g/mol. The molecule has 482 valence electrons. The van der Waals surface area contributed by atoms with Crippen LogP contribution in [0.2, 0.25) is 0 Å². The standard InChI is InChI=1S/C68H91NO19/c1-40-43-35-52(64(3,4)46(43)17-21-55(70)77-9)60(69-39-42-16-20-53-54(34-42)88-33-31-86-29-27-84-26-28-85-30-32-87-53)44-36-50(67(7,62(75)82-14)47(44)18-22-56(71)78-10)41(2)45-38-66(6,68(8,63(76)83-15)48(45)19-23-57(72)79-11)51-37-49(40)65(5,25-24-58(73)80-12)59(51)61(74)81-13/h16,20,34-37,39,46-48,51,59H,17-19,21-33,38H2,1-15H3/b43-40+,45-41+,60-44-,69-39?/t46-,47-,48-,51?,59-,65+,66?,67+,68-/m1/s1. The quantitative estimate of drug-likeness (QED) is 0.0800. The Morgan fingerprint density at radius 2 is 1.07 bits per heavy atom. The lowest BCUT2D eigenvalue weighted by molar-refractivity contribution is -0.170. The van der Waals surface area contributed by atoms with Crippen molar-refractivity contribution < 1.29 is 90.4 Å². The molecule has 0 radical (unpaired) electrons. The van der Waals surface area contributed by atoms with Gasteiger partial charge in [-0.3, -0.25) is 38.6 Å². The largest absolute Gasteiger partial charge is 0.487 e. The van der Waals surface area contributed by atoms with Crippen LogP contribution in [-0.2, 0) is 80.9 Å². The lowest BCUT2D eigenvalue weighted by atomic mass is 9.54. The molecule has 0 N–H and O–H groups in total. The van der Waals surface area contributed by atoms with Crippen LogP contribution in [0.4, 0.5) is 0 Å². The van der Waals surface area contributed by atoms with E-state index in [9.17, 15) is 19.2 Å². The topological polar surface area (TPSA) is 243 Å². The molecule has 5 aliphatic carbocycles. The molecule has 0 saturated heterocycles. The predicted molar refractivity (Wildman–Crippen MR) is 323 cm³/mol. The van der Waals surface area contributed by atoms with Crippen LogP contribution < -0.4 is 9.47 Å². The summed E-state index contributed by atoms with van der Waals surface area (Å²) in [5.41, 5.74) is 0.136. The number of carbonyl (C=O) groups is 7. The maximum Gasteiger partial charge on any atom is 0.316 e. The zero-order valence-corrected chi connectivity index (χ0v) is 54.2. The number of allylic oxidation sites excluding steroid dienone is 10. The zero-order valence-electron chi connectivity index (χ0n) is 54.2. The Balaban J connectivity index is 1.67. The van der Waals surface area contributed by atoms with E-state index in [4.69, 9.17) is 61.8 Å². The van der Waals surface area contributed by atoms with Crippen molar-refractivity contribution in [3.8, 4) is 11.5 Å². The first kappa shape index (κ1) is 68.6. The number of hydrogen-bond acceptors (Lipinski definition) is 20. The first-order valence-electron chi connectivity index (χ1n) is 30.3. The van der Waals surface area contributed by atoms with Crippen LogP contribution in [-0.4, -0.2) is 151 Å². The number of aliphatic imine (C=N–C) groups is 1. The van der Waals surface area contributed by atoms with Crippen molar-refractivity contribution >= 4 is 48.0 Å². The number of benzene rings is 1. The lowest BCUT2D eigenvalue weighted by Gasteiger charge is -2.48. The SMILES string of the molecule is COC(=O)CC[C@@H]1/C2=C(\C)C3=CC([C@H](C(=O)OC)[C@@]3(C)CCC(=O)OC)C3(C)C/C(=C(/C)C4=C/C(=C(/N=Cc5ccc6c(c5)OCCOCCOCCOCCO6)C(=C2)C1(C)C)[C@@H](CCC(=O)OC)[C@]4(C)C(=O)OC)[C@@H](CCC(=O)OC)[C@]3(C)C(=O)OC. The van der Waals surface area contributed by atoms with E-state index in [0.717, 1.165) is 27.9 Å². The van der Waals surface area contributed by atoms with Gasteiger partial charge in [0.05, 0.1) is 112 Å². The molecule has 9 atom stereocenters. The van der Waals surface area contributed by atoms with Crippen LogP contribution >= 0.6 is 0 Å². The van der Waals surface area contributed by atoms with Crippen molar-refractivity contribution in [2.24, 2.45) is 61.7 Å². The minimum Gasteiger partial charge on any atom is -0.487 e. The van der Waals surface area contributed by atoms with Gasteiger partial charge < -0.3 is 56.8 Å². The van der Waals surface area contributed by atoms with E-state index in [1.807, 2.05) is 52.8 Å². The van der Waals surface area contributed by atoms with Crippen molar-refractivity contribution in [2.75, 3.05) is 103 Å². The number of rotatable bonds is 17. The Labute approximate surface area is 517 Å². The van der Waals surface area contributed by atoms with Gasteiger partial charge in [-0.25, -0.2) is 0 Å². The second-order valence-corrected chi connectivity index (χ2v) is 25.0. The molecule has 1 fully saturated rings. The van der Waals surface area contributed by atoms with E-state index in [1.165, 1.54) is 49.8 Å². The van der Waals surface area contributed by atoms with E-state index >= 15 is 14.4 Å².